The Balaban J connectivity index is 1.75. The van der Waals surface area contributed by atoms with Crippen molar-refractivity contribution < 1.29 is 14.3 Å². The third-order valence-corrected chi connectivity index (χ3v) is 6.38. The Hall–Kier alpha value is -2.82. The largest absolute Gasteiger partial charge is 0.483 e. The molecule has 0 radical (unpaired) electrons. The Bertz CT molecular complexity index is 919. The number of nitrogens with one attached hydrogen (secondary N) is 1. The summed E-state index contributed by atoms with van der Waals surface area (Å²) in [6, 6.07) is 13.4. The van der Waals surface area contributed by atoms with Gasteiger partial charge in [0.05, 0.1) is 0 Å². The Morgan fingerprint density at radius 1 is 1.03 bits per heavy atom. The molecule has 0 heterocycles. The van der Waals surface area contributed by atoms with Crippen LogP contribution in [-0.2, 0) is 16.1 Å². The average Bonchev–Trinajstić information content (AvgIpc) is 3.26. The highest BCUT2D eigenvalue weighted by Crippen LogP contribution is 2.22. The first-order chi connectivity index (χ1) is 14.9. The number of hydrogen-bond donors (Lipinski definition) is 1. The third-order valence-electron chi connectivity index (χ3n) is 6.38. The fourth-order valence-electron chi connectivity index (χ4n) is 4.05. The predicted octanol–water partition coefficient (Wildman–Crippen LogP) is 4.47. The molecule has 1 aliphatic rings. The summed E-state index contributed by atoms with van der Waals surface area (Å²) < 4.78 is 5.87. The maximum Gasteiger partial charge on any atom is 0.261 e. The second kappa shape index (κ2) is 10.5. The highest BCUT2D eigenvalue weighted by atomic mass is 16.5. The van der Waals surface area contributed by atoms with E-state index in [1.54, 1.807) is 11.8 Å². The van der Waals surface area contributed by atoms with Gasteiger partial charge in [-0.3, -0.25) is 9.59 Å². The molecule has 1 unspecified atom stereocenters. The van der Waals surface area contributed by atoms with Crippen molar-refractivity contribution in [3.8, 4) is 5.75 Å². The van der Waals surface area contributed by atoms with Crippen LogP contribution < -0.4 is 10.1 Å². The van der Waals surface area contributed by atoms with Crippen LogP contribution in [0.4, 0.5) is 0 Å². The predicted molar refractivity (Wildman–Crippen MR) is 123 cm³/mol. The summed E-state index contributed by atoms with van der Waals surface area (Å²) >= 11 is 0. The fourth-order valence-corrected chi connectivity index (χ4v) is 4.05. The second-order valence-electron chi connectivity index (χ2n) is 8.60. The fraction of sp³-hybridized carbons (Fsp3) is 0.462. The molecule has 1 saturated carbocycles. The molecule has 0 aromatic heterocycles. The maximum atomic E-state index is 13.2. The van der Waals surface area contributed by atoms with Crippen LogP contribution in [0.5, 0.6) is 5.75 Å². The molecule has 1 atom stereocenters. The van der Waals surface area contributed by atoms with Gasteiger partial charge in [-0.1, -0.05) is 49.2 Å². The van der Waals surface area contributed by atoms with Crippen molar-refractivity contribution >= 4 is 11.8 Å². The Morgan fingerprint density at radius 2 is 1.71 bits per heavy atom. The third kappa shape index (κ3) is 5.87. The second-order valence-corrected chi connectivity index (χ2v) is 8.60. The molecule has 0 bridgehead atoms. The van der Waals surface area contributed by atoms with E-state index >= 15 is 0 Å². The molecule has 2 amide bonds. The van der Waals surface area contributed by atoms with Crippen LogP contribution in [-0.4, -0.2) is 35.4 Å². The van der Waals surface area contributed by atoms with Crippen molar-refractivity contribution in [2.24, 2.45) is 0 Å². The monoisotopic (exact) mass is 422 g/mol. The SMILES string of the molecule is Cc1ccccc1CN(C(=O)COc1cccc(C)c1C)C(C)C(=O)NC1CCCC1. The van der Waals surface area contributed by atoms with Crippen LogP contribution in [0, 0.1) is 20.8 Å². The van der Waals surface area contributed by atoms with Crippen molar-refractivity contribution in [3.05, 3.63) is 64.7 Å². The molecule has 0 aliphatic heterocycles. The molecule has 0 spiro atoms. The lowest BCUT2D eigenvalue weighted by atomic mass is 10.1. The summed E-state index contributed by atoms with van der Waals surface area (Å²) in [6.07, 6.45) is 4.32. The van der Waals surface area contributed by atoms with Crippen LogP contribution in [0.15, 0.2) is 42.5 Å². The molecule has 1 aliphatic carbocycles. The lowest BCUT2D eigenvalue weighted by Gasteiger charge is -2.30. The molecular formula is C26H34N2O3. The molecule has 2 aromatic carbocycles. The first kappa shape index (κ1) is 22.9. The Morgan fingerprint density at radius 3 is 2.42 bits per heavy atom. The summed E-state index contributed by atoms with van der Waals surface area (Å²) in [7, 11) is 0. The molecule has 3 rings (SSSR count). The van der Waals surface area contributed by atoms with Crippen molar-refractivity contribution in [1.82, 2.24) is 10.2 Å². The minimum absolute atomic E-state index is 0.0967. The van der Waals surface area contributed by atoms with Gasteiger partial charge in [-0.15, -0.1) is 0 Å². The molecule has 166 valence electrons. The molecule has 0 saturated heterocycles. The zero-order valence-electron chi connectivity index (χ0n) is 19.1. The Labute approximate surface area is 185 Å². The van der Waals surface area contributed by atoms with E-state index in [0.29, 0.717) is 12.3 Å². The highest BCUT2D eigenvalue weighted by molar-refractivity contribution is 5.88. The minimum atomic E-state index is -0.574. The number of hydrogen-bond acceptors (Lipinski definition) is 3. The normalized spacial score (nSPS) is 14.8. The van der Waals surface area contributed by atoms with E-state index in [1.807, 2.05) is 63.2 Å². The first-order valence-corrected chi connectivity index (χ1v) is 11.2. The van der Waals surface area contributed by atoms with Crippen LogP contribution >= 0.6 is 0 Å². The van der Waals surface area contributed by atoms with Crippen LogP contribution in [0.1, 0.15) is 54.9 Å². The van der Waals surface area contributed by atoms with E-state index in [4.69, 9.17) is 4.74 Å². The number of aryl methyl sites for hydroxylation is 2. The van der Waals surface area contributed by atoms with Gasteiger partial charge >= 0.3 is 0 Å². The van der Waals surface area contributed by atoms with Crippen LogP contribution in [0.2, 0.25) is 0 Å². The molecule has 1 fully saturated rings. The summed E-state index contributed by atoms with van der Waals surface area (Å²) in [6.45, 7) is 8.10. The summed E-state index contributed by atoms with van der Waals surface area (Å²) in [5.41, 5.74) is 4.26. The zero-order chi connectivity index (χ0) is 22.4. The van der Waals surface area contributed by atoms with E-state index in [2.05, 4.69) is 5.32 Å². The molecular weight excluding hydrogens is 388 g/mol. The van der Waals surface area contributed by atoms with Crippen LogP contribution in [0.25, 0.3) is 0 Å². The number of rotatable bonds is 8. The quantitative estimate of drug-likeness (QED) is 0.683. The van der Waals surface area contributed by atoms with E-state index in [-0.39, 0.29) is 24.5 Å². The van der Waals surface area contributed by atoms with E-state index in [0.717, 1.165) is 47.9 Å². The molecule has 2 aromatic rings. The number of ether oxygens (including phenoxy) is 1. The molecule has 1 N–H and O–H groups in total. The number of carbonyl (C=O) groups is 2. The van der Waals surface area contributed by atoms with Gasteiger partial charge in [0, 0.05) is 12.6 Å². The van der Waals surface area contributed by atoms with Gasteiger partial charge in [0.15, 0.2) is 6.61 Å². The summed E-state index contributed by atoms with van der Waals surface area (Å²) in [5.74, 6) is 0.408. The van der Waals surface area contributed by atoms with Crippen molar-refractivity contribution in [1.29, 1.82) is 0 Å². The van der Waals surface area contributed by atoms with E-state index < -0.39 is 6.04 Å². The lowest BCUT2D eigenvalue weighted by molar-refractivity contribution is -0.142. The van der Waals surface area contributed by atoms with Crippen molar-refractivity contribution in [3.63, 3.8) is 0 Å². The lowest BCUT2D eigenvalue weighted by Crippen LogP contribution is -2.50. The number of carbonyl (C=O) groups excluding carboxylic acids is 2. The minimum Gasteiger partial charge on any atom is -0.483 e. The molecule has 5 nitrogen and oxygen atoms in total. The summed E-state index contributed by atoms with van der Waals surface area (Å²) in [4.78, 5) is 27.8. The Kier molecular flexibility index (Phi) is 7.72. The smallest absolute Gasteiger partial charge is 0.261 e. The van der Waals surface area contributed by atoms with Gasteiger partial charge in [-0.05, 0) is 68.9 Å². The van der Waals surface area contributed by atoms with Gasteiger partial charge in [0.25, 0.3) is 5.91 Å². The van der Waals surface area contributed by atoms with Gasteiger partial charge in [0.2, 0.25) is 5.91 Å². The maximum absolute atomic E-state index is 13.2. The van der Waals surface area contributed by atoms with Gasteiger partial charge in [0.1, 0.15) is 11.8 Å². The standard InChI is InChI=1S/C26H34N2O3/c1-18-11-9-15-24(20(18)3)31-17-25(29)28(16-22-12-6-5-10-19(22)2)21(4)26(30)27-23-13-7-8-14-23/h5-6,9-12,15,21,23H,7-8,13-14,16-17H2,1-4H3,(H,27,30). The topological polar surface area (TPSA) is 58.6 Å². The molecule has 5 heteroatoms. The number of benzene rings is 2. The number of amides is 2. The van der Waals surface area contributed by atoms with Gasteiger partial charge in [-0.25, -0.2) is 0 Å². The summed E-state index contributed by atoms with van der Waals surface area (Å²) in [5, 5.41) is 3.13. The van der Waals surface area contributed by atoms with E-state index in [9.17, 15) is 9.59 Å². The molecule has 31 heavy (non-hydrogen) atoms. The number of nitrogens with zero attached hydrogens (tertiary/aromatic N) is 1. The van der Waals surface area contributed by atoms with Crippen molar-refractivity contribution in [2.45, 2.75) is 72.0 Å². The van der Waals surface area contributed by atoms with Crippen molar-refractivity contribution in [2.75, 3.05) is 6.61 Å². The average molecular weight is 423 g/mol. The zero-order valence-corrected chi connectivity index (χ0v) is 19.1. The van der Waals surface area contributed by atoms with Crippen LogP contribution in [0.3, 0.4) is 0 Å². The van der Waals surface area contributed by atoms with Gasteiger partial charge in [-0.2, -0.15) is 0 Å². The van der Waals surface area contributed by atoms with E-state index in [1.165, 1.54) is 0 Å². The first-order valence-electron chi connectivity index (χ1n) is 11.2. The van der Waals surface area contributed by atoms with Gasteiger partial charge < -0.3 is 15.0 Å². The highest BCUT2D eigenvalue weighted by Gasteiger charge is 2.29.